The summed E-state index contributed by atoms with van der Waals surface area (Å²) >= 11 is 7.77. The van der Waals surface area contributed by atoms with Gasteiger partial charge < -0.3 is 0 Å². The zero-order valence-electron chi connectivity index (χ0n) is 7.10. The number of thiophene rings is 1. The number of benzene rings is 1. The first-order valence-corrected chi connectivity index (χ1v) is 7.02. The summed E-state index contributed by atoms with van der Waals surface area (Å²) in [5, 5.41) is 4.59. The summed E-state index contributed by atoms with van der Waals surface area (Å²) in [7, 11) is 0. The van der Waals surface area contributed by atoms with Crippen LogP contribution in [0, 0.1) is 10.5 Å². The Kier molecular flexibility index (Phi) is 2.95. The molecule has 0 fully saturated rings. The molecule has 0 saturated carbocycles. The van der Waals surface area contributed by atoms with Crippen molar-refractivity contribution in [1.29, 1.82) is 0 Å². The maximum Gasteiger partial charge on any atom is 0.0359 e. The van der Waals surface area contributed by atoms with Gasteiger partial charge in [0.1, 0.15) is 0 Å². The van der Waals surface area contributed by atoms with Crippen LogP contribution in [-0.2, 0) is 5.33 Å². The summed E-state index contributed by atoms with van der Waals surface area (Å²) in [6, 6.07) is 4.51. The van der Waals surface area contributed by atoms with Crippen molar-refractivity contribution in [1.82, 2.24) is 0 Å². The molecule has 0 spiro atoms. The largest absolute Gasteiger partial charge is 0.143 e. The molecular formula is C10H8BrIS. The second-order valence-electron chi connectivity index (χ2n) is 3.01. The van der Waals surface area contributed by atoms with Crippen LogP contribution >= 0.6 is 49.9 Å². The fourth-order valence-electron chi connectivity index (χ4n) is 1.47. The second kappa shape index (κ2) is 3.87. The van der Waals surface area contributed by atoms with Crippen LogP contribution in [0.2, 0.25) is 0 Å². The highest BCUT2D eigenvalue weighted by atomic mass is 127. The molecule has 0 N–H and O–H groups in total. The van der Waals surface area contributed by atoms with Gasteiger partial charge in [0.25, 0.3) is 0 Å². The van der Waals surface area contributed by atoms with Crippen molar-refractivity contribution in [3.8, 4) is 0 Å². The van der Waals surface area contributed by atoms with Gasteiger partial charge >= 0.3 is 0 Å². The van der Waals surface area contributed by atoms with Crippen molar-refractivity contribution in [3.63, 3.8) is 0 Å². The number of rotatable bonds is 1. The molecule has 0 bridgehead atoms. The van der Waals surface area contributed by atoms with E-state index in [4.69, 9.17) is 0 Å². The van der Waals surface area contributed by atoms with E-state index in [1.807, 2.05) is 11.3 Å². The minimum absolute atomic E-state index is 0.942. The van der Waals surface area contributed by atoms with Gasteiger partial charge in [0.05, 0.1) is 0 Å². The van der Waals surface area contributed by atoms with E-state index in [1.54, 1.807) is 0 Å². The topological polar surface area (TPSA) is 0 Å². The molecule has 0 aliphatic heterocycles. The van der Waals surface area contributed by atoms with Crippen LogP contribution in [0.25, 0.3) is 10.1 Å². The van der Waals surface area contributed by atoms with Crippen LogP contribution in [0.4, 0.5) is 0 Å². The Labute approximate surface area is 104 Å². The molecular weight excluding hydrogens is 359 g/mol. The predicted octanol–water partition coefficient (Wildman–Crippen LogP) is 4.71. The number of hydrogen-bond acceptors (Lipinski definition) is 1. The van der Waals surface area contributed by atoms with Crippen molar-refractivity contribution in [2.75, 3.05) is 0 Å². The third-order valence-electron chi connectivity index (χ3n) is 2.00. The van der Waals surface area contributed by atoms with Gasteiger partial charge in [-0.25, -0.2) is 0 Å². The molecule has 1 heterocycles. The molecule has 0 aliphatic carbocycles. The predicted molar refractivity (Wildman–Crippen MR) is 71.9 cm³/mol. The zero-order chi connectivity index (χ0) is 9.42. The molecule has 0 saturated heterocycles. The van der Waals surface area contributed by atoms with Crippen molar-refractivity contribution in [3.05, 3.63) is 32.2 Å². The molecule has 68 valence electrons. The van der Waals surface area contributed by atoms with Crippen LogP contribution in [-0.4, -0.2) is 0 Å². The molecule has 1 aromatic heterocycles. The van der Waals surface area contributed by atoms with E-state index in [-0.39, 0.29) is 0 Å². The van der Waals surface area contributed by atoms with Gasteiger partial charge in [0.15, 0.2) is 0 Å². The first-order valence-electron chi connectivity index (χ1n) is 3.94. The summed E-state index contributed by atoms with van der Waals surface area (Å²) in [6.07, 6.45) is 0. The molecule has 0 aliphatic rings. The Morgan fingerprint density at radius 1 is 1.46 bits per heavy atom. The van der Waals surface area contributed by atoms with Crippen LogP contribution in [0.3, 0.4) is 0 Å². The van der Waals surface area contributed by atoms with Crippen molar-refractivity contribution >= 4 is 59.9 Å². The zero-order valence-corrected chi connectivity index (χ0v) is 11.7. The third-order valence-corrected chi connectivity index (χ3v) is 4.81. The SMILES string of the molecule is Cc1cc(CBr)c2c(I)csc2c1. The summed E-state index contributed by atoms with van der Waals surface area (Å²) < 4.78 is 2.77. The normalized spacial score (nSPS) is 11.0. The molecule has 3 heteroatoms. The van der Waals surface area contributed by atoms with Gasteiger partial charge in [-0.2, -0.15) is 0 Å². The van der Waals surface area contributed by atoms with Crippen molar-refractivity contribution < 1.29 is 0 Å². The maximum atomic E-state index is 3.53. The van der Waals surface area contributed by atoms with E-state index in [1.165, 1.54) is 24.8 Å². The fourth-order valence-corrected chi connectivity index (χ4v) is 4.07. The van der Waals surface area contributed by atoms with Gasteiger partial charge in [-0.1, -0.05) is 22.0 Å². The minimum Gasteiger partial charge on any atom is -0.143 e. The molecule has 2 rings (SSSR count). The summed E-state index contributed by atoms with van der Waals surface area (Å²) in [5.41, 5.74) is 2.75. The summed E-state index contributed by atoms with van der Waals surface area (Å²) in [6.45, 7) is 2.15. The highest BCUT2D eigenvalue weighted by Crippen LogP contribution is 2.32. The Morgan fingerprint density at radius 3 is 2.92 bits per heavy atom. The summed E-state index contributed by atoms with van der Waals surface area (Å²) in [4.78, 5) is 0. The second-order valence-corrected chi connectivity index (χ2v) is 5.65. The molecule has 0 nitrogen and oxygen atoms in total. The standard InChI is InChI=1S/C10H8BrIS/c1-6-2-7(4-11)10-8(12)5-13-9(10)3-6/h2-3,5H,4H2,1H3. The first-order chi connectivity index (χ1) is 6.22. The lowest BCUT2D eigenvalue weighted by Gasteiger charge is -2.01. The van der Waals surface area contributed by atoms with E-state index in [9.17, 15) is 0 Å². The Hall–Kier alpha value is 0.390. The van der Waals surface area contributed by atoms with Crippen LogP contribution in [0.1, 0.15) is 11.1 Å². The molecule has 13 heavy (non-hydrogen) atoms. The number of hydrogen-bond donors (Lipinski definition) is 0. The molecule has 1 aromatic carbocycles. The van der Waals surface area contributed by atoms with Crippen molar-refractivity contribution in [2.24, 2.45) is 0 Å². The molecule has 0 atom stereocenters. The maximum absolute atomic E-state index is 3.53. The van der Waals surface area contributed by atoms with Gasteiger partial charge in [0, 0.05) is 24.4 Å². The average molecular weight is 367 g/mol. The highest BCUT2D eigenvalue weighted by molar-refractivity contribution is 14.1. The van der Waals surface area contributed by atoms with Gasteiger partial charge in [-0.05, 0) is 46.7 Å². The van der Waals surface area contributed by atoms with E-state index < -0.39 is 0 Å². The molecule has 0 amide bonds. The lowest BCUT2D eigenvalue weighted by atomic mass is 10.1. The van der Waals surface area contributed by atoms with E-state index in [0.29, 0.717) is 0 Å². The monoisotopic (exact) mass is 366 g/mol. The average Bonchev–Trinajstić information content (AvgIpc) is 2.46. The fraction of sp³-hybridized carbons (Fsp3) is 0.200. The van der Waals surface area contributed by atoms with Crippen LogP contribution in [0.15, 0.2) is 17.5 Å². The van der Waals surface area contributed by atoms with Crippen molar-refractivity contribution in [2.45, 2.75) is 12.3 Å². The van der Waals surface area contributed by atoms with Crippen LogP contribution in [0.5, 0.6) is 0 Å². The Morgan fingerprint density at radius 2 is 2.23 bits per heavy atom. The minimum atomic E-state index is 0.942. The number of fused-ring (bicyclic) bond motifs is 1. The van der Waals surface area contributed by atoms with Gasteiger partial charge in [-0.3, -0.25) is 0 Å². The summed E-state index contributed by atoms with van der Waals surface area (Å²) in [5.74, 6) is 0. The Balaban J connectivity index is 2.85. The lowest BCUT2D eigenvalue weighted by Crippen LogP contribution is -1.82. The van der Waals surface area contributed by atoms with E-state index in [0.717, 1.165) is 5.33 Å². The third kappa shape index (κ3) is 1.78. The number of alkyl halides is 1. The highest BCUT2D eigenvalue weighted by Gasteiger charge is 2.06. The Bertz CT molecular complexity index is 447. The van der Waals surface area contributed by atoms with Gasteiger partial charge in [-0.15, -0.1) is 11.3 Å². The molecule has 2 aromatic rings. The smallest absolute Gasteiger partial charge is 0.0359 e. The molecule has 0 unspecified atom stereocenters. The lowest BCUT2D eigenvalue weighted by molar-refractivity contribution is 1.42. The van der Waals surface area contributed by atoms with E-state index >= 15 is 0 Å². The van der Waals surface area contributed by atoms with E-state index in [2.05, 4.69) is 63.0 Å². The van der Waals surface area contributed by atoms with Gasteiger partial charge in [0.2, 0.25) is 0 Å². The quantitative estimate of drug-likeness (QED) is 0.506. The number of aryl methyl sites for hydroxylation is 1. The van der Waals surface area contributed by atoms with Crippen LogP contribution < -0.4 is 0 Å². The first kappa shape index (κ1) is 9.93. The number of halogens is 2. The molecule has 0 radical (unpaired) electrons.